The summed E-state index contributed by atoms with van der Waals surface area (Å²) in [7, 11) is 1.74. The number of hydrogen-bond donors (Lipinski definition) is 0. The summed E-state index contributed by atoms with van der Waals surface area (Å²) < 4.78 is 19.0. The molecule has 1 nitrogen and oxygen atoms in total. The molecule has 0 heterocycles. The summed E-state index contributed by atoms with van der Waals surface area (Å²) in [6, 6.07) is 6.82. The molecule has 0 bridgehead atoms. The van der Waals surface area contributed by atoms with Crippen LogP contribution in [0.2, 0.25) is 0 Å². The Balaban J connectivity index is 1.93. The van der Waals surface area contributed by atoms with Crippen molar-refractivity contribution in [1.29, 1.82) is 0 Å². The van der Waals surface area contributed by atoms with Crippen LogP contribution in [0.3, 0.4) is 0 Å². The predicted molar refractivity (Wildman–Crippen MR) is 68.0 cm³/mol. The molecular weight excluding hydrogens is 239 g/mol. The molecule has 0 aromatic heterocycles. The van der Waals surface area contributed by atoms with E-state index in [0.29, 0.717) is 12.0 Å². The fourth-order valence-corrected chi connectivity index (χ4v) is 2.89. The zero-order chi connectivity index (χ0) is 12.3. The summed E-state index contributed by atoms with van der Waals surface area (Å²) in [6.45, 7) is 0. The van der Waals surface area contributed by atoms with E-state index in [-0.39, 0.29) is 16.8 Å². The molecule has 0 radical (unpaired) electrons. The SMILES string of the molecule is COC1(CC(Cl)Cc2ccccc2F)CCC1. The Kier molecular flexibility index (Phi) is 4.05. The van der Waals surface area contributed by atoms with Crippen molar-refractivity contribution in [1.82, 2.24) is 0 Å². The number of benzene rings is 1. The summed E-state index contributed by atoms with van der Waals surface area (Å²) in [5.41, 5.74) is 0.649. The summed E-state index contributed by atoms with van der Waals surface area (Å²) in [5, 5.41) is -0.0628. The molecule has 0 amide bonds. The van der Waals surface area contributed by atoms with Gasteiger partial charge in [0.15, 0.2) is 0 Å². The minimum absolute atomic E-state index is 0.0440. The molecular formula is C14H18ClFO. The molecule has 0 N–H and O–H groups in total. The summed E-state index contributed by atoms with van der Waals surface area (Å²) >= 11 is 6.32. The second kappa shape index (κ2) is 5.36. The van der Waals surface area contributed by atoms with Crippen LogP contribution in [0.25, 0.3) is 0 Å². The van der Waals surface area contributed by atoms with Crippen molar-refractivity contribution in [3.8, 4) is 0 Å². The highest BCUT2D eigenvalue weighted by molar-refractivity contribution is 6.20. The van der Waals surface area contributed by atoms with Crippen LogP contribution in [-0.4, -0.2) is 18.1 Å². The molecule has 0 saturated heterocycles. The van der Waals surface area contributed by atoms with Gasteiger partial charge in [0.05, 0.1) is 5.60 Å². The topological polar surface area (TPSA) is 9.23 Å². The molecule has 1 fully saturated rings. The maximum Gasteiger partial charge on any atom is 0.126 e. The van der Waals surface area contributed by atoms with Gasteiger partial charge in [-0.15, -0.1) is 11.6 Å². The lowest BCUT2D eigenvalue weighted by molar-refractivity contribution is -0.0777. The first-order valence-corrected chi connectivity index (χ1v) is 6.51. The van der Waals surface area contributed by atoms with E-state index in [0.717, 1.165) is 19.3 Å². The Hall–Kier alpha value is -0.600. The van der Waals surface area contributed by atoms with Gasteiger partial charge < -0.3 is 4.74 Å². The van der Waals surface area contributed by atoms with E-state index in [1.54, 1.807) is 19.2 Å². The standard InChI is InChI=1S/C14H18ClFO/c1-17-14(7-4-8-14)10-12(15)9-11-5-2-3-6-13(11)16/h2-3,5-6,12H,4,7-10H2,1H3. The Labute approximate surface area is 107 Å². The third-order valence-electron chi connectivity index (χ3n) is 3.69. The van der Waals surface area contributed by atoms with Gasteiger partial charge in [-0.2, -0.15) is 0 Å². The van der Waals surface area contributed by atoms with Gasteiger partial charge in [-0.25, -0.2) is 4.39 Å². The first kappa shape index (κ1) is 12.8. The smallest absolute Gasteiger partial charge is 0.126 e. The molecule has 1 aliphatic rings. The quantitative estimate of drug-likeness (QED) is 0.726. The molecule has 17 heavy (non-hydrogen) atoms. The van der Waals surface area contributed by atoms with Gasteiger partial charge in [0.2, 0.25) is 0 Å². The van der Waals surface area contributed by atoms with E-state index >= 15 is 0 Å². The number of halogens is 2. The van der Waals surface area contributed by atoms with E-state index in [1.165, 1.54) is 12.5 Å². The van der Waals surface area contributed by atoms with E-state index in [2.05, 4.69) is 0 Å². The largest absolute Gasteiger partial charge is 0.378 e. The Morgan fingerprint density at radius 1 is 1.41 bits per heavy atom. The van der Waals surface area contributed by atoms with Crippen LogP contribution >= 0.6 is 11.6 Å². The lowest BCUT2D eigenvalue weighted by Crippen LogP contribution is -2.41. The van der Waals surface area contributed by atoms with Gasteiger partial charge in [0.1, 0.15) is 5.82 Å². The van der Waals surface area contributed by atoms with Crippen molar-refractivity contribution >= 4 is 11.6 Å². The number of methoxy groups -OCH3 is 1. The van der Waals surface area contributed by atoms with Gasteiger partial charge in [-0.1, -0.05) is 18.2 Å². The van der Waals surface area contributed by atoms with Gasteiger partial charge in [0, 0.05) is 12.5 Å². The fraction of sp³-hybridized carbons (Fsp3) is 0.571. The van der Waals surface area contributed by atoms with Gasteiger partial charge >= 0.3 is 0 Å². The highest BCUT2D eigenvalue weighted by Crippen LogP contribution is 2.40. The summed E-state index contributed by atoms with van der Waals surface area (Å²) in [6.07, 6.45) is 4.73. The third-order valence-corrected chi connectivity index (χ3v) is 4.00. The molecule has 0 aliphatic heterocycles. The Morgan fingerprint density at radius 3 is 2.65 bits per heavy atom. The van der Waals surface area contributed by atoms with Crippen LogP contribution in [0.4, 0.5) is 4.39 Å². The monoisotopic (exact) mass is 256 g/mol. The summed E-state index contributed by atoms with van der Waals surface area (Å²) in [5.74, 6) is -0.168. The number of rotatable bonds is 5. The Bertz CT molecular complexity index is 371. The molecule has 1 aliphatic carbocycles. The zero-order valence-corrected chi connectivity index (χ0v) is 10.8. The van der Waals surface area contributed by atoms with E-state index in [9.17, 15) is 4.39 Å². The van der Waals surface area contributed by atoms with Crippen LogP contribution in [0.15, 0.2) is 24.3 Å². The zero-order valence-electron chi connectivity index (χ0n) is 10.1. The average Bonchev–Trinajstić information content (AvgIpc) is 2.27. The number of ether oxygens (including phenoxy) is 1. The second-order valence-corrected chi connectivity index (χ2v) is 5.45. The molecule has 2 rings (SSSR count). The highest BCUT2D eigenvalue weighted by Gasteiger charge is 2.38. The van der Waals surface area contributed by atoms with Crippen LogP contribution in [-0.2, 0) is 11.2 Å². The van der Waals surface area contributed by atoms with E-state index in [4.69, 9.17) is 16.3 Å². The first-order chi connectivity index (χ1) is 8.15. The van der Waals surface area contributed by atoms with Crippen LogP contribution < -0.4 is 0 Å². The van der Waals surface area contributed by atoms with Crippen LogP contribution in [0.5, 0.6) is 0 Å². The maximum absolute atomic E-state index is 13.5. The summed E-state index contributed by atoms with van der Waals surface area (Å²) in [4.78, 5) is 0. The lowest BCUT2D eigenvalue weighted by Gasteiger charge is -2.41. The molecule has 3 heteroatoms. The van der Waals surface area contributed by atoms with Crippen molar-refractivity contribution in [2.75, 3.05) is 7.11 Å². The average molecular weight is 257 g/mol. The normalized spacial score (nSPS) is 19.7. The highest BCUT2D eigenvalue weighted by atomic mass is 35.5. The van der Waals surface area contributed by atoms with Crippen LogP contribution in [0, 0.1) is 5.82 Å². The minimum Gasteiger partial charge on any atom is -0.378 e. The van der Waals surface area contributed by atoms with Crippen LogP contribution in [0.1, 0.15) is 31.2 Å². The molecule has 1 unspecified atom stereocenters. The minimum atomic E-state index is -0.168. The van der Waals surface area contributed by atoms with Crippen molar-refractivity contribution < 1.29 is 9.13 Å². The number of hydrogen-bond acceptors (Lipinski definition) is 1. The lowest BCUT2D eigenvalue weighted by atomic mass is 9.76. The van der Waals surface area contributed by atoms with Crippen molar-refractivity contribution in [2.24, 2.45) is 0 Å². The van der Waals surface area contributed by atoms with Gasteiger partial charge in [-0.3, -0.25) is 0 Å². The van der Waals surface area contributed by atoms with Gasteiger partial charge in [-0.05, 0) is 43.7 Å². The molecule has 94 valence electrons. The second-order valence-electron chi connectivity index (χ2n) is 4.84. The van der Waals surface area contributed by atoms with E-state index in [1.807, 2.05) is 6.07 Å². The van der Waals surface area contributed by atoms with E-state index < -0.39 is 0 Å². The molecule has 1 aromatic carbocycles. The number of alkyl halides is 1. The molecule has 0 spiro atoms. The van der Waals surface area contributed by atoms with Crippen molar-refractivity contribution in [3.05, 3.63) is 35.6 Å². The molecule has 1 saturated carbocycles. The van der Waals surface area contributed by atoms with Gasteiger partial charge in [0.25, 0.3) is 0 Å². The maximum atomic E-state index is 13.5. The van der Waals surface area contributed by atoms with Crippen molar-refractivity contribution in [2.45, 2.75) is 43.1 Å². The third kappa shape index (κ3) is 2.99. The molecule has 1 aromatic rings. The predicted octanol–water partition coefficient (Wildman–Crippen LogP) is 3.93. The van der Waals surface area contributed by atoms with Crippen molar-refractivity contribution in [3.63, 3.8) is 0 Å². The fourth-order valence-electron chi connectivity index (χ4n) is 2.44. The first-order valence-electron chi connectivity index (χ1n) is 6.08. The Morgan fingerprint density at radius 2 is 2.12 bits per heavy atom. The molecule has 1 atom stereocenters.